The molecule has 106 valence electrons. The second-order valence-electron chi connectivity index (χ2n) is 4.06. The van der Waals surface area contributed by atoms with E-state index in [1.54, 1.807) is 0 Å². The summed E-state index contributed by atoms with van der Waals surface area (Å²) in [5, 5.41) is 0. The van der Waals surface area contributed by atoms with Gasteiger partial charge in [-0.1, -0.05) is 34.3 Å². The summed E-state index contributed by atoms with van der Waals surface area (Å²) in [7, 11) is -2.24. The van der Waals surface area contributed by atoms with Gasteiger partial charge in [0.1, 0.15) is 0 Å². The Hall–Kier alpha value is -0.653. The van der Waals surface area contributed by atoms with E-state index in [0.717, 1.165) is 24.6 Å². The van der Waals surface area contributed by atoms with E-state index in [-0.39, 0.29) is 0 Å². The van der Waals surface area contributed by atoms with Crippen molar-refractivity contribution in [3.8, 4) is 0 Å². The summed E-state index contributed by atoms with van der Waals surface area (Å²) < 4.78 is 17.1. The molecule has 0 amide bonds. The second-order valence-corrected chi connectivity index (χ2v) is 7.82. The smallest absolute Gasteiger partial charge is 0.340 e. The maximum absolute atomic E-state index is 11.2. The number of carbonyl (C=O) groups is 1. The highest BCUT2D eigenvalue weighted by atomic mass is 28.4. The average Bonchev–Trinajstić information content (AvgIpc) is 2.42. The zero-order chi connectivity index (χ0) is 14.0. The molecule has 0 rings (SSSR count). The molecule has 0 aliphatic heterocycles. The average molecular weight is 274 g/mol. The van der Waals surface area contributed by atoms with E-state index >= 15 is 0 Å². The van der Waals surface area contributed by atoms with Crippen molar-refractivity contribution < 1.29 is 18.4 Å². The van der Waals surface area contributed by atoms with Crippen LogP contribution in [0.1, 0.15) is 40.5 Å². The van der Waals surface area contributed by atoms with Crippen LogP contribution < -0.4 is 0 Å². The fraction of sp³-hybridized carbons (Fsp3) is 0.769. The van der Waals surface area contributed by atoms with E-state index in [9.17, 15) is 4.79 Å². The summed E-state index contributed by atoms with van der Waals surface area (Å²) in [6.45, 7) is 12.2. The van der Waals surface area contributed by atoms with Gasteiger partial charge in [0.15, 0.2) is 6.29 Å². The van der Waals surface area contributed by atoms with Crippen LogP contribution in [0.3, 0.4) is 0 Å². The standard InChI is InChI=1S/C13H26O4Si/c1-6-11-15-18(9-4,10-5)17-13(8-3)16-12(14)7-2/h7,13H,2,6,8-11H2,1,3-5H3. The van der Waals surface area contributed by atoms with E-state index in [4.69, 9.17) is 13.6 Å². The van der Waals surface area contributed by atoms with Gasteiger partial charge in [-0.15, -0.1) is 0 Å². The summed E-state index contributed by atoms with van der Waals surface area (Å²) in [4.78, 5) is 11.2. The summed E-state index contributed by atoms with van der Waals surface area (Å²) in [5.41, 5.74) is 0. The molecule has 0 bridgehead atoms. The number of hydrogen-bond donors (Lipinski definition) is 0. The summed E-state index contributed by atoms with van der Waals surface area (Å²) in [5.74, 6) is -0.451. The Morgan fingerprint density at radius 1 is 1.28 bits per heavy atom. The first-order valence-corrected chi connectivity index (χ1v) is 8.95. The predicted octanol–water partition coefficient (Wildman–Crippen LogP) is 3.38. The van der Waals surface area contributed by atoms with Crippen LogP contribution in [0.4, 0.5) is 0 Å². The molecule has 18 heavy (non-hydrogen) atoms. The van der Waals surface area contributed by atoms with Crippen molar-refractivity contribution >= 4 is 14.5 Å². The Labute approximate surface area is 112 Å². The third-order valence-corrected chi connectivity index (χ3v) is 6.32. The predicted molar refractivity (Wildman–Crippen MR) is 74.4 cm³/mol. The maximum atomic E-state index is 11.2. The highest BCUT2D eigenvalue weighted by Gasteiger charge is 2.36. The molecule has 5 heteroatoms. The molecule has 1 atom stereocenters. The largest absolute Gasteiger partial charge is 0.434 e. The minimum Gasteiger partial charge on any atom is -0.434 e. The van der Waals surface area contributed by atoms with Crippen molar-refractivity contribution in [2.45, 2.75) is 58.9 Å². The number of hydrogen-bond acceptors (Lipinski definition) is 4. The normalized spacial score (nSPS) is 13.1. The molecule has 0 saturated carbocycles. The first-order valence-electron chi connectivity index (χ1n) is 6.72. The molecule has 0 saturated heterocycles. The molecule has 0 aliphatic carbocycles. The number of rotatable bonds is 10. The summed E-state index contributed by atoms with van der Waals surface area (Å²) in [6.07, 6.45) is 2.20. The zero-order valence-electron chi connectivity index (χ0n) is 12.0. The van der Waals surface area contributed by atoms with E-state index in [2.05, 4.69) is 27.4 Å². The SMILES string of the molecule is C=CC(=O)OC(CC)O[Si](CC)(CC)OCCC. The highest BCUT2D eigenvalue weighted by molar-refractivity contribution is 6.67. The molecule has 0 fully saturated rings. The molecule has 0 aliphatic rings. The Balaban J connectivity index is 4.60. The van der Waals surface area contributed by atoms with Gasteiger partial charge in [-0.3, -0.25) is 0 Å². The lowest BCUT2D eigenvalue weighted by molar-refractivity contribution is -0.161. The number of esters is 1. The minimum atomic E-state index is -2.24. The van der Waals surface area contributed by atoms with Gasteiger partial charge in [0.25, 0.3) is 0 Å². The molecule has 0 N–H and O–H groups in total. The fourth-order valence-electron chi connectivity index (χ4n) is 1.55. The molecule has 1 unspecified atom stereocenters. The molecule has 4 nitrogen and oxygen atoms in total. The Kier molecular flexibility index (Phi) is 8.96. The van der Waals surface area contributed by atoms with Crippen LogP contribution in [0.25, 0.3) is 0 Å². The summed E-state index contributed by atoms with van der Waals surface area (Å²) >= 11 is 0. The van der Waals surface area contributed by atoms with E-state index in [0.29, 0.717) is 13.0 Å². The van der Waals surface area contributed by atoms with Crippen molar-refractivity contribution in [3.05, 3.63) is 12.7 Å². The molecule has 0 spiro atoms. The van der Waals surface area contributed by atoms with Crippen molar-refractivity contribution in [1.82, 2.24) is 0 Å². The van der Waals surface area contributed by atoms with Gasteiger partial charge in [0, 0.05) is 19.1 Å². The van der Waals surface area contributed by atoms with Crippen LogP contribution in [-0.4, -0.2) is 27.4 Å². The highest BCUT2D eigenvalue weighted by Crippen LogP contribution is 2.22. The summed E-state index contributed by atoms with van der Waals surface area (Å²) in [6, 6.07) is 1.71. The monoisotopic (exact) mass is 274 g/mol. The molecule has 0 aromatic rings. The molecule has 0 aromatic heterocycles. The minimum absolute atomic E-state index is 0.451. The Morgan fingerprint density at radius 2 is 1.89 bits per heavy atom. The number of carbonyl (C=O) groups excluding carboxylic acids is 1. The van der Waals surface area contributed by atoms with Crippen LogP contribution in [0.5, 0.6) is 0 Å². The third kappa shape index (κ3) is 5.80. The van der Waals surface area contributed by atoms with Gasteiger partial charge in [0.05, 0.1) is 0 Å². The van der Waals surface area contributed by atoms with Gasteiger partial charge in [-0.2, -0.15) is 0 Å². The van der Waals surface area contributed by atoms with Gasteiger partial charge in [0.2, 0.25) is 0 Å². The van der Waals surface area contributed by atoms with E-state index in [1.807, 2.05) is 6.92 Å². The Bertz CT molecular complexity index is 251. The van der Waals surface area contributed by atoms with Crippen molar-refractivity contribution in [3.63, 3.8) is 0 Å². The van der Waals surface area contributed by atoms with Crippen LogP contribution in [0.15, 0.2) is 12.7 Å². The zero-order valence-corrected chi connectivity index (χ0v) is 13.0. The van der Waals surface area contributed by atoms with Crippen molar-refractivity contribution in [2.75, 3.05) is 6.61 Å². The van der Waals surface area contributed by atoms with Gasteiger partial charge in [-0.25, -0.2) is 4.79 Å². The fourth-order valence-corrected chi connectivity index (χ4v) is 4.13. The lowest BCUT2D eigenvalue weighted by atomic mass is 10.5. The van der Waals surface area contributed by atoms with Crippen LogP contribution in [-0.2, 0) is 18.4 Å². The molecule has 0 radical (unpaired) electrons. The van der Waals surface area contributed by atoms with Crippen LogP contribution in [0.2, 0.25) is 12.1 Å². The van der Waals surface area contributed by atoms with Crippen LogP contribution >= 0.6 is 0 Å². The molecular formula is C13H26O4Si. The van der Waals surface area contributed by atoms with Gasteiger partial charge >= 0.3 is 14.5 Å². The van der Waals surface area contributed by atoms with Gasteiger partial charge in [-0.05, 0) is 18.5 Å². The van der Waals surface area contributed by atoms with E-state index < -0.39 is 20.8 Å². The molecule has 0 heterocycles. The second kappa shape index (κ2) is 9.30. The third-order valence-electron chi connectivity index (χ3n) is 2.74. The molecular weight excluding hydrogens is 248 g/mol. The van der Waals surface area contributed by atoms with Crippen LogP contribution in [0, 0.1) is 0 Å². The quantitative estimate of drug-likeness (QED) is 0.265. The first-order chi connectivity index (χ1) is 8.57. The topological polar surface area (TPSA) is 44.8 Å². The van der Waals surface area contributed by atoms with Crippen molar-refractivity contribution in [2.24, 2.45) is 0 Å². The maximum Gasteiger partial charge on any atom is 0.340 e. The first kappa shape index (κ1) is 17.3. The van der Waals surface area contributed by atoms with E-state index in [1.165, 1.54) is 0 Å². The van der Waals surface area contributed by atoms with Crippen molar-refractivity contribution in [1.29, 1.82) is 0 Å². The Morgan fingerprint density at radius 3 is 2.28 bits per heavy atom. The number of ether oxygens (including phenoxy) is 1. The lowest BCUT2D eigenvalue weighted by Gasteiger charge is -2.32. The van der Waals surface area contributed by atoms with Gasteiger partial charge < -0.3 is 13.6 Å². The molecule has 0 aromatic carbocycles. The lowest BCUT2D eigenvalue weighted by Crippen LogP contribution is -2.45.